The first-order chi connectivity index (χ1) is 8.24. The van der Waals surface area contributed by atoms with Gasteiger partial charge in [-0.2, -0.15) is 0 Å². The first kappa shape index (κ1) is 16.9. The molecule has 0 radical (unpaired) electrons. The molecule has 0 spiro atoms. The number of aliphatic hydroxyl groups excluding tert-OH is 1. The van der Waals surface area contributed by atoms with Gasteiger partial charge in [-0.25, -0.2) is 0 Å². The Morgan fingerprint density at radius 1 is 1.17 bits per heavy atom. The van der Waals surface area contributed by atoms with Crippen molar-refractivity contribution in [1.29, 1.82) is 0 Å². The fraction of sp³-hybridized carbons (Fsp3) is 0.846. The number of carbonyl (C=O) groups is 2. The summed E-state index contributed by atoms with van der Waals surface area (Å²) in [6, 6.07) is 0. The van der Waals surface area contributed by atoms with E-state index in [1.165, 1.54) is 7.11 Å². The molecule has 0 aromatic rings. The van der Waals surface area contributed by atoms with Gasteiger partial charge >= 0.3 is 11.9 Å². The number of aliphatic hydroxyl groups is 1. The first-order valence-corrected chi connectivity index (χ1v) is 6.21. The van der Waals surface area contributed by atoms with Crippen LogP contribution in [0.4, 0.5) is 0 Å². The molecule has 0 unspecified atom stereocenters. The molecule has 18 heavy (non-hydrogen) atoms. The summed E-state index contributed by atoms with van der Waals surface area (Å²) in [7, 11) is 1.35. The number of unbranched alkanes of at least 4 members (excludes halogenated alkanes) is 1. The van der Waals surface area contributed by atoms with Crippen LogP contribution >= 0.6 is 0 Å². The number of ether oxygens (including phenoxy) is 2. The summed E-state index contributed by atoms with van der Waals surface area (Å²) in [5.41, 5.74) is -0.526. The van der Waals surface area contributed by atoms with E-state index in [0.29, 0.717) is 25.7 Å². The zero-order chi connectivity index (χ0) is 14.2. The SMILES string of the molecule is COC(=O)CCCC[C@H](O)CC(=O)OC(C)(C)C. The van der Waals surface area contributed by atoms with E-state index < -0.39 is 17.7 Å². The molecule has 106 valence electrons. The van der Waals surface area contributed by atoms with Crippen LogP contribution in [0, 0.1) is 0 Å². The average molecular weight is 260 g/mol. The standard InChI is InChI=1S/C13H24O5/c1-13(2,3)18-12(16)9-10(14)7-5-6-8-11(15)17-4/h10,14H,5-9H2,1-4H3/t10-/m0/s1. The molecule has 0 aromatic heterocycles. The van der Waals surface area contributed by atoms with E-state index in [2.05, 4.69) is 4.74 Å². The van der Waals surface area contributed by atoms with Gasteiger partial charge in [0.25, 0.3) is 0 Å². The van der Waals surface area contributed by atoms with Crippen molar-refractivity contribution < 1.29 is 24.2 Å². The fourth-order valence-corrected chi connectivity index (χ4v) is 1.43. The van der Waals surface area contributed by atoms with Gasteiger partial charge in [0.05, 0.1) is 19.6 Å². The smallest absolute Gasteiger partial charge is 0.308 e. The predicted molar refractivity (Wildman–Crippen MR) is 67.0 cm³/mol. The zero-order valence-corrected chi connectivity index (χ0v) is 11.7. The topological polar surface area (TPSA) is 72.8 Å². The van der Waals surface area contributed by atoms with Crippen molar-refractivity contribution in [3.05, 3.63) is 0 Å². The van der Waals surface area contributed by atoms with Gasteiger partial charge in [-0.05, 0) is 33.6 Å². The molecular weight excluding hydrogens is 236 g/mol. The maximum Gasteiger partial charge on any atom is 0.308 e. The summed E-state index contributed by atoms with van der Waals surface area (Å²) >= 11 is 0. The summed E-state index contributed by atoms with van der Waals surface area (Å²) in [5.74, 6) is -0.653. The summed E-state index contributed by atoms with van der Waals surface area (Å²) in [6.45, 7) is 5.36. The number of methoxy groups -OCH3 is 1. The van der Waals surface area contributed by atoms with Crippen LogP contribution in [0.2, 0.25) is 0 Å². The Hall–Kier alpha value is -1.10. The summed E-state index contributed by atoms with van der Waals surface area (Å²) in [5, 5.41) is 9.62. The van der Waals surface area contributed by atoms with E-state index in [4.69, 9.17) is 4.74 Å². The quantitative estimate of drug-likeness (QED) is 0.558. The zero-order valence-electron chi connectivity index (χ0n) is 11.7. The van der Waals surface area contributed by atoms with Crippen LogP contribution in [0.25, 0.3) is 0 Å². The van der Waals surface area contributed by atoms with Gasteiger partial charge in [0.2, 0.25) is 0 Å². The summed E-state index contributed by atoms with van der Waals surface area (Å²) in [4.78, 5) is 22.2. The van der Waals surface area contributed by atoms with Gasteiger partial charge in [-0.1, -0.05) is 6.42 Å². The molecule has 0 saturated heterocycles. The van der Waals surface area contributed by atoms with Crippen LogP contribution in [-0.4, -0.2) is 35.9 Å². The second-order valence-corrected chi connectivity index (χ2v) is 5.27. The molecule has 0 fully saturated rings. The Bertz CT molecular complexity index is 267. The highest BCUT2D eigenvalue weighted by Gasteiger charge is 2.19. The highest BCUT2D eigenvalue weighted by Crippen LogP contribution is 2.12. The highest BCUT2D eigenvalue weighted by molar-refractivity contribution is 5.70. The van der Waals surface area contributed by atoms with Crippen LogP contribution in [0.15, 0.2) is 0 Å². The number of hydrogen-bond donors (Lipinski definition) is 1. The van der Waals surface area contributed by atoms with E-state index in [1.54, 1.807) is 20.8 Å². The van der Waals surface area contributed by atoms with Crippen LogP contribution < -0.4 is 0 Å². The van der Waals surface area contributed by atoms with Crippen molar-refractivity contribution in [3.63, 3.8) is 0 Å². The largest absolute Gasteiger partial charge is 0.469 e. The van der Waals surface area contributed by atoms with E-state index in [0.717, 1.165) is 0 Å². The molecule has 0 aromatic carbocycles. The molecule has 0 aliphatic rings. The third-order valence-electron chi connectivity index (χ3n) is 2.22. The van der Waals surface area contributed by atoms with Crippen LogP contribution in [0.5, 0.6) is 0 Å². The number of carbonyl (C=O) groups excluding carboxylic acids is 2. The first-order valence-electron chi connectivity index (χ1n) is 6.21. The van der Waals surface area contributed by atoms with E-state index in [-0.39, 0.29) is 12.4 Å². The third-order valence-corrected chi connectivity index (χ3v) is 2.22. The average Bonchev–Trinajstić information content (AvgIpc) is 2.21. The highest BCUT2D eigenvalue weighted by atomic mass is 16.6. The molecule has 0 amide bonds. The van der Waals surface area contributed by atoms with Crippen molar-refractivity contribution in [2.24, 2.45) is 0 Å². The van der Waals surface area contributed by atoms with Crippen molar-refractivity contribution in [3.8, 4) is 0 Å². The van der Waals surface area contributed by atoms with Crippen LogP contribution in [0.3, 0.4) is 0 Å². The minimum Gasteiger partial charge on any atom is -0.469 e. The van der Waals surface area contributed by atoms with Gasteiger partial charge < -0.3 is 14.6 Å². The second kappa shape index (κ2) is 8.08. The molecule has 0 saturated carbocycles. The number of esters is 2. The molecular formula is C13H24O5. The molecule has 0 aliphatic heterocycles. The number of rotatable bonds is 7. The van der Waals surface area contributed by atoms with Gasteiger partial charge in [0, 0.05) is 6.42 Å². The minimum absolute atomic E-state index is 0.00447. The van der Waals surface area contributed by atoms with Crippen molar-refractivity contribution in [2.45, 2.75) is 64.6 Å². The summed E-state index contributed by atoms with van der Waals surface area (Å²) < 4.78 is 9.60. The lowest BCUT2D eigenvalue weighted by atomic mass is 10.1. The van der Waals surface area contributed by atoms with Gasteiger partial charge in [0.1, 0.15) is 5.60 Å². The molecule has 0 aliphatic carbocycles. The summed E-state index contributed by atoms with van der Waals surface area (Å²) in [6.07, 6.45) is 1.44. The van der Waals surface area contributed by atoms with Crippen molar-refractivity contribution in [1.82, 2.24) is 0 Å². The molecule has 1 atom stereocenters. The Morgan fingerprint density at radius 3 is 2.28 bits per heavy atom. The maximum atomic E-state index is 11.4. The Kier molecular flexibility index (Phi) is 7.59. The van der Waals surface area contributed by atoms with Gasteiger partial charge in [-0.3, -0.25) is 9.59 Å². The monoisotopic (exact) mass is 260 g/mol. The molecule has 5 nitrogen and oxygen atoms in total. The lowest BCUT2D eigenvalue weighted by Gasteiger charge is -2.20. The molecule has 0 heterocycles. The Labute approximate surface area is 108 Å². The lowest BCUT2D eigenvalue weighted by molar-refractivity contribution is -0.157. The minimum atomic E-state index is -0.711. The van der Waals surface area contributed by atoms with Crippen molar-refractivity contribution >= 4 is 11.9 Å². The Balaban J connectivity index is 3.68. The maximum absolute atomic E-state index is 11.4. The molecule has 0 rings (SSSR count). The fourth-order valence-electron chi connectivity index (χ4n) is 1.43. The third kappa shape index (κ3) is 10.1. The van der Waals surface area contributed by atoms with Gasteiger partial charge in [-0.15, -0.1) is 0 Å². The van der Waals surface area contributed by atoms with Crippen LogP contribution in [-0.2, 0) is 19.1 Å². The molecule has 0 bridgehead atoms. The van der Waals surface area contributed by atoms with E-state index in [9.17, 15) is 14.7 Å². The lowest BCUT2D eigenvalue weighted by Crippen LogP contribution is -2.26. The molecule has 5 heteroatoms. The van der Waals surface area contributed by atoms with Crippen LogP contribution in [0.1, 0.15) is 52.9 Å². The van der Waals surface area contributed by atoms with E-state index >= 15 is 0 Å². The Morgan fingerprint density at radius 2 is 1.78 bits per heavy atom. The normalized spacial score (nSPS) is 12.9. The second-order valence-electron chi connectivity index (χ2n) is 5.27. The van der Waals surface area contributed by atoms with Crippen molar-refractivity contribution in [2.75, 3.05) is 7.11 Å². The number of hydrogen-bond acceptors (Lipinski definition) is 5. The van der Waals surface area contributed by atoms with E-state index in [1.807, 2.05) is 0 Å². The predicted octanol–water partition coefficient (Wildman–Crippen LogP) is 1.81. The molecule has 1 N–H and O–H groups in total. The van der Waals surface area contributed by atoms with Gasteiger partial charge in [0.15, 0.2) is 0 Å².